The fourth-order valence-electron chi connectivity index (χ4n) is 1.96. The zero-order chi connectivity index (χ0) is 10.7. The molecule has 1 aromatic rings. The second-order valence-electron chi connectivity index (χ2n) is 4.13. The van der Waals surface area contributed by atoms with Crippen LogP contribution in [-0.2, 0) is 0 Å². The summed E-state index contributed by atoms with van der Waals surface area (Å²) in [6, 6.07) is 4.10. The molecule has 1 saturated carbocycles. The summed E-state index contributed by atoms with van der Waals surface area (Å²) in [5, 5.41) is 12.8. The minimum atomic E-state index is 0. The van der Waals surface area contributed by atoms with E-state index in [9.17, 15) is 5.11 Å². The van der Waals surface area contributed by atoms with Crippen LogP contribution in [0.2, 0.25) is 0 Å². The van der Waals surface area contributed by atoms with Crippen molar-refractivity contribution in [2.75, 3.05) is 5.32 Å². The first-order valence-electron chi connectivity index (χ1n) is 5.42. The number of anilines is 1. The van der Waals surface area contributed by atoms with Gasteiger partial charge < -0.3 is 16.2 Å². The summed E-state index contributed by atoms with van der Waals surface area (Å²) in [4.78, 5) is 4.10. The van der Waals surface area contributed by atoms with Gasteiger partial charge in [-0.2, -0.15) is 0 Å². The van der Waals surface area contributed by atoms with E-state index in [1.807, 2.05) is 0 Å². The quantitative estimate of drug-likeness (QED) is 0.742. The van der Waals surface area contributed by atoms with Crippen LogP contribution >= 0.6 is 12.4 Å². The Labute approximate surface area is 102 Å². The average molecular weight is 244 g/mol. The summed E-state index contributed by atoms with van der Waals surface area (Å²) in [6.07, 6.45) is 5.88. The third-order valence-electron chi connectivity index (χ3n) is 2.90. The van der Waals surface area contributed by atoms with E-state index in [0.717, 1.165) is 25.7 Å². The first-order chi connectivity index (χ1) is 7.25. The second kappa shape index (κ2) is 5.92. The highest BCUT2D eigenvalue weighted by Crippen LogP contribution is 2.24. The number of hydrogen-bond donors (Lipinski definition) is 3. The number of aromatic hydroxyl groups is 1. The van der Waals surface area contributed by atoms with Gasteiger partial charge in [-0.1, -0.05) is 0 Å². The number of nitrogens with two attached hydrogens (primary N) is 1. The summed E-state index contributed by atoms with van der Waals surface area (Å²) in [6.45, 7) is 0. The van der Waals surface area contributed by atoms with Gasteiger partial charge in [0.15, 0.2) is 11.6 Å². The van der Waals surface area contributed by atoms with Gasteiger partial charge in [-0.25, -0.2) is 4.98 Å². The number of rotatable bonds is 2. The van der Waals surface area contributed by atoms with Gasteiger partial charge in [-0.3, -0.25) is 0 Å². The van der Waals surface area contributed by atoms with Crippen LogP contribution in [-0.4, -0.2) is 22.2 Å². The maximum absolute atomic E-state index is 9.54. The Morgan fingerprint density at radius 1 is 1.31 bits per heavy atom. The molecule has 1 aliphatic rings. The molecule has 16 heavy (non-hydrogen) atoms. The Morgan fingerprint density at radius 3 is 2.62 bits per heavy atom. The number of nitrogens with one attached hydrogen (secondary N) is 1. The molecule has 0 bridgehead atoms. The van der Waals surface area contributed by atoms with Crippen LogP contribution in [0.25, 0.3) is 0 Å². The summed E-state index contributed by atoms with van der Waals surface area (Å²) in [5.74, 6) is 0.797. The van der Waals surface area contributed by atoms with Crippen molar-refractivity contribution in [1.82, 2.24) is 4.98 Å². The van der Waals surface area contributed by atoms with Gasteiger partial charge in [-0.15, -0.1) is 12.4 Å². The molecule has 0 aromatic carbocycles. The number of hydrogen-bond acceptors (Lipinski definition) is 4. The van der Waals surface area contributed by atoms with E-state index in [1.54, 1.807) is 18.3 Å². The van der Waals surface area contributed by atoms with Crippen molar-refractivity contribution < 1.29 is 5.11 Å². The molecule has 1 heterocycles. The fraction of sp³-hybridized carbons (Fsp3) is 0.545. The van der Waals surface area contributed by atoms with E-state index in [0.29, 0.717) is 17.9 Å². The lowest BCUT2D eigenvalue weighted by Crippen LogP contribution is -2.33. The van der Waals surface area contributed by atoms with Crippen LogP contribution in [0, 0.1) is 0 Å². The molecule has 2 rings (SSSR count). The highest BCUT2D eigenvalue weighted by molar-refractivity contribution is 5.85. The predicted octanol–water partition coefficient (Wildman–Crippen LogP) is 1.89. The fourth-order valence-corrected chi connectivity index (χ4v) is 1.96. The van der Waals surface area contributed by atoms with Gasteiger partial charge in [0.05, 0.1) is 0 Å². The lowest BCUT2D eigenvalue weighted by Gasteiger charge is -2.27. The lowest BCUT2D eigenvalue weighted by atomic mass is 9.92. The van der Waals surface area contributed by atoms with Gasteiger partial charge in [0.25, 0.3) is 0 Å². The molecule has 90 valence electrons. The standard InChI is InChI=1S/C11H17N3O.ClH/c12-8-3-5-9(6-4-8)14-11-10(15)2-1-7-13-11;/h1-2,7-9,15H,3-6,12H2,(H,13,14);1H. The van der Waals surface area contributed by atoms with Crippen LogP contribution in [0.3, 0.4) is 0 Å². The van der Waals surface area contributed by atoms with E-state index < -0.39 is 0 Å². The molecule has 0 radical (unpaired) electrons. The number of halogens is 1. The molecule has 0 atom stereocenters. The van der Waals surface area contributed by atoms with E-state index in [2.05, 4.69) is 10.3 Å². The molecule has 5 heteroatoms. The third kappa shape index (κ3) is 3.25. The maximum atomic E-state index is 9.54. The van der Waals surface area contributed by atoms with Crippen molar-refractivity contribution in [3.05, 3.63) is 18.3 Å². The number of aromatic nitrogens is 1. The molecule has 1 aliphatic carbocycles. The normalized spacial score (nSPS) is 24.6. The Bertz CT molecular complexity index is 327. The highest BCUT2D eigenvalue weighted by Gasteiger charge is 2.19. The van der Waals surface area contributed by atoms with E-state index in [-0.39, 0.29) is 18.2 Å². The zero-order valence-electron chi connectivity index (χ0n) is 9.10. The molecule has 0 unspecified atom stereocenters. The molecular formula is C11H18ClN3O. The minimum absolute atomic E-state index is 0. The summed E-state index contributed by atoms with van der Waals surface area (Å²) in [7, 11) is 0. The van der Waals surface area contributed by atoms with Crippen molar-refractivity contribution in [1.29, 1.82) is 0 Å². The minimum Gasteiger partial charge on any atom is -0.504 e. The monoisotopic (exact) mass is 243 g/mol. The Hall–Kier alpha value is -1.00. The number of pyridine rings is 1. The predicted molar refractivity (Wildman–Crippen MR) is 67.0 cm³/mol. The highest BCUT2D eigenvalue weighted by atomic mass is 35.5. The van der Waals surface area contributed by atoms with E-state index in [4.69, 9.17) is 5.73 Å². The summed E-state index contributed by atoms with van der Waals surface area (Å²) in [5.41, 5.74) is 5.83. The zero-order valence-corrected chi connectivity index (χ0v) is 9.91. The molecule has 4 N–H and O–H groups in total. The van der Waals surface area contributed by atoms with Gasteiger partial charge in [0, 0.05) is 18.3 Å². The molecule has 1 aromatic heterocycles. The maximum Gasteiger partial charge on any atom is 0.168 e. The van der Waals surface area contributed by atoms with Crippen LogP contribution in [0.1, 0.15) is 25.7 Å². The SMILES string of the molecule is Cl.NC1CCC(Nc2ncccc2O)CC1. The molecule has 0 amide bonds. The smallest absolute Gasteiger partial charge is 0.168 e. The molecular weight excluding hydrogens is 226 g/mol. The van der Waals surface area contributed by atoms with Gasteiger partial charge in [-0.05, 0) is 37.8 Å². The van der Waals surface area contributed by atoms with Crippen LogP contribution < -0.4 is 11.1 Å². The van der Waals surface area contributed by atoms with Gasteiger partial charge >= 0.3 is 0 Å². The van der Waals surface area contributed by atoms with Gasteiger partial charge in [0.2, 0.25) is 0 Å². The molecule has 0 saturated heterocycles. The third-order valence-corrected chi connectivity index (χ3v) is 2.90. The van der Waals surface area contributed by atoms with E-state index in [1.165, 1.54) is 0 Å². The van der Waals surface area contributed by atoms with Crippen molar-refractivity contribution in [3.63, 3.8) is 0 Å². The first-order valence-corrected chi connectivity index (χ1v) is 5.42. The second-order valence-corrected chi connectivity index (χ2v) is 4.13. The van der Waals surface area contributed by atoms with Crippen LogP contribution in [0.15, 0.2) is 18.3 Å². The van der Waals surface area contributed by atoms with Crippen LogP contribution in [0.5, 0.6) is 5.75 Å². The van der Waals surface area contributed by atoms with Crippen molar-refractivity contribution in [3.8, 4) is 5.75 Å². The summed E-state index contributed by atoms with van der Waals surface area (Å²) >= 11 is 0. The van der Waals surface area contributed by atoms with Crippen molar-refractivity contribution in [2.24, 2.45) is 5.73 Å². The Morgan fingerprint density at radius 2 is 2.00 bits per heavy atom. The average Bonchev–Trinajstić information content (AvgIpc) is 2.25. The lowest BCUT2D eigenvalue weighted by molar-refractivity contribution is 0.408. The van der Waals surface area contributed by atoms with E-state index >= 15 is 0 Å². The van der Waals surface area contributed by atoms with Crippen LogP contribution in [0.4, 0.5) is 5.82 Å². The molecule has 1 fully saturated rings. The first kappa shape index (κ1) is 13.1. The van der Waals surface area contributed by atoms with Gasteiger partial charge in [0.1, 0.15) is 0 Å². The van der Waals surface area contributed by atoms with Crippen molar-refractivity contribution >= 4 is 18.2 Å². The molecule has 0 spiro atoms. The molecule has 0 aliphatic heterocycles. The topological polar surface area (TPSA) is 71.2 Å². The molecule has 4 nitrogen and oxygen atoms in total. The Balaban J connectivity index is 0.00000128. The largest absolute Gasteiger partial charge is 0.504 e. The Kier molecular flexibility index (Phi) is 4.83. The van der Waals surface area contributed by atoms with Crippen molar-refractivity contribution in [2.45, 2.75) is 37.8 Å². The summed E-state index contributed by atoms with van der Waals surface area (Å²) < 4.78 is 0. The number of nitrogens with zero attached hydrogens (tertiary/aromatic N) is 1.